The van der Waals surface area contributed by atoms with Gasteiger partial charge in [-0.3, -0.25) is 0 Å². The largest absolute Gasteiger partial charge is 0.573 e. The molecule has 2 amide bonds. The number of nitrogens with one attached hydrogen (secondary N) is 1. The van der Waals surface area contributed by atoms with E-state index in [9.17, 15) is 18.0 Å². The molecule has 0 heterocycles. The molecule has 1 aromatic carbocycles. The first kappa shape index (κ1) is 15.1. The van der Waals surface area contributed by atoms with Crippen LogP contribution in [0.3, 0.4) is 0 Å². The second kappa shape index (κ2) is 6.28. The lowest BCUT2D eigenvalue weighted by Gasteiger charge is -2.16. The first-order valence-corrected chi connectivity index (χ1v) is 5.30. The van der Waals surface area contributed by atoms with E-state index in [4.69, 9.17) is 5.11 Å². The maximum absolute atomic E-state index is 11.9. The minimum absolute atomic E-state index is 0.154. The summed E-state index contributed by atoms with van der Waals surface area (Å²) in [6.45, 7) is -0.0244. The van der Waals surface area contributed by atoms with Crippen LogP contribution in [0, 0.1) is 0 Å². The number of alkyl halides is 3. The van der Waals surface area contributed by atoms with Crippen LogP contribution in [0.15, 0.2) is 24.3 Å². The Bertz CT molecular complexity index is 420. The number of ether oxygens (including phenoxy) is 1. The molecule has 0 fully saturated rings. The molecule has 0 saturated carbocycles. The standard InChI is InChI=1S/C11H13F3N2O3/c1-16(6-7-17)10(18)15-8-2-4-9(5-3-8)19-11(12,13)14/h2-5,17H,6-7H2,1H3,(H,15,18). The third-order valence-corrected chi connectivity index (χ3v) is 2.12. The van der Waals surface area contributed by atoms with Gasteiger partial charge in [0.15, 0.2) is 0 Å². The highest BCUT2D eigenvalue weighted by molar-refractivity contribution is 5.89. The van der Waals surface area contributed by atoms with Crippen molar-refractivity contribution in [2.24, 2.45) is 0 Å². The third-order valence-electron chi connectivity index (χ3n) is 2.12. The fourth-order valence-corrected chi connectivity index (χ4v) is 1.21. The van der Waals surface area contributed by atoms with Gasteiger partial charge in [-0.25, -0.2) is 4.79 Å². The second-order valence-corrected chi connectivity index (χ2v) is 3.65. The number of aliphatic hydroxyl groups excluding tert-OH is 1. The van der Waals surface area contributed by atoms with E-state index < -0.39 is 12.4 Å². The summed E-state index contributed by atoms with van der Waals surface area (Å²) >= 11 is 0. The van der Waals surface area contributed by atoms with Gasteiger partial charge in [0.1, 0.15) is 5.75 Å². The maximum atomic E-state index is 11.9. The molecule has 0 aromatic heterocycles. The maximum Gasteiger partial charge on any atom is 0.573 e. The number of amides is 2. The molecule has 0 radical (unpaired) electrons. The fraction of sp³-hybridized carbons (Fsp3) is 0.364. The van der Waals surface area contributed by atoms with Gasteiger partial charge in [0.05, 0.1) is 6.61 Å². The van der Waals surface area contributed by atoms with Crippen LogP contribution in [0.25, 0.3) is 0 Å². The van der Waals surface area contributed by atoms with Crippen LogP contribution in [0.4, 0.5) is 23.7 Å². The van der Waals surface area contributed by atoms with Crippen LogP contribution in [-0.2, 0) is 0 Å². The predicted octanol–water partition coefficient (Wildman–Crippen LogP) is 2.04. The summed E-state index contributed by atoms with van der Waals surface area (Å²) in [6, 6.07) is 4.28. The Morgan fingerprint density at radius 3 is 2.42 bits per heavy atom. The molecule has 0 aliphatic heterocycles. The normalized spacial score (nSPS) is 11.0. The number of nitrogens with zero attached hydrogens (tertiary/aromatic N) is 1. The quantitative estimate of drug-likeness (QED) is 0.886. The molecule has 5 nitrogen and oxygen atoms in total. The number of likely N-dealkylation sites (N-methyl/N-ethyl adjacent to an activating group) is 1. The number of hydrogen-bond donors (Lipinski definition) is 2. The van der Waals surface area contributed by atoms with E-state index in [0.717, 1.165) is 12.1 Å². The Hall–Kier alpha value is -1.96. The summed E-state index contributed by atoms with van der Waals surface area (Å²) in [5.74, 6) is -0.366. The van der Waals surface area contributed by atoms with E-state index in [1.807, 2.05) is 0 Å². The Labute approximate surface area is 107 Å². The topological polar surface area (TPSA) is 61.8 Å². The Kier molecular flexibility index (Phi) is 4.99. The number of carbonyl (C=O) groups is 1. The van der Waals surface area contributed by atoms with Crippen molar-refractivity contribution in [1.82, 2.24) is 4.90 Å². The number of anilines is 1. The lowest BCUT2D eigenvalue weighted by Crippen LogP contribution is -2.33. The minimum Gasteiger partial charge on any atom is -0.406 e. The molecule has 0 spiro atoms. The van der Waals surface area contributed by atoms with Gasteiger partial charge < -0.3 is 20.1 Å². The van der Waals surface area contributed by atoms with Crippen molar-refractivity contribution in [2.75, 3.05) is 25.5 Å². The van der Waals surface area contributed by atoms with E-state index in [2.05, 4.69) is 10.1 Å². The van der Waals surface area contributed by atoms with Crippen LogP contribution >= 0.6 is 0 Å². The lowest BCUT2D eigenvalue weighted by atomic mass is 10.3. The number of carbonyl (C=O) groups excluding carboxylic acids is 1. The van der Waals surface area contributed by atoms with Gasteiger partial charge in [0.2, 0.25) is 0 Å². The number of rotatable bonds is 4. The Balaban J connectivity index is 2.59. The highest BCUT2D eigenvalue weighted by Crippen LogP contribution is 2.23. The van der Waals surface area contributed by atoms with Gasteiger partial charge in [0.25, 0.3) is 0 Å². The van der Waals surface area contributed by atoms with E-state index >= 15 is 0 Å². The van der Waals surface area contributed by atoms with Crippen molar-refractivity contribution in [3.05, 3.63) is 24.3 Å². The molecular weight excluding hydrogens is 265 g/mol. The van der Waals surface area contributed by atoms with Crippen molar-refractivity contribution in [2.45, 2.75) is 6.36 Å². The van der Waals surface area contributed by atoms with Crippen LogP contribution < -0.4 is 10.1 Å². The zero-order valence-electron chi connectivity index (χ0n) is 10.1. The third kappa shape index (κ3) is 5.47. The first-order chi connectivity index (χ1) is 8.81. The van der Waals surface area contributed by atoms with Crippen LogP contribution in [0.5, 0.6) is 5.75 Å². The summed E-state index contributed by atoms with van der Waals surface area (Å²) in [5, 5.41) is 11.1. The fourth-order valence-electron chi connectivity index (χ4n) is 1.21. The molecule has 0 atom stereocenters. The summed E-state index contributed by atoms with van der Waals surface area (Å²) < 4.78 is 39.5. The monoisotopic (exact) mass is 278 g/mol. The number of urea groups is 1. The number of benzene rings is 1. The number of halogens is 3. The van der Waals surface area contributed by atoms with Gasteiger partial charge in [-0.1, -0.05) is 0 Å². The molecule has 8 heteroatoms. The van der Waals surface area contributed by atoms with E-state index in [-0.39, 0.29) is 18.9 Å². The number of aliphatic hydroxyl groups is 1. The molecule has 0 bridgehead atoms. The predicted molar refractivity (Wildman–Crippen MR) is 61.9 cm³/mol. The van der Waals surface area contributed by atoms with Crippen molar-refractivity contribution in [3.8, 4) is 5.75 Å². The molecule has 0 aliphatic carbocycles. The molecule has 0 saturated heterocycles. The average Bonchev–Trinajstić information content (AvgIpc) is 2.30. The molecule has 1 aromatic rings. The molecule has 1 rings (SSSR count). The van der Waals surface area contributed by atoms with E-state index in [1.54, 1.807) is 0 Å². The van der Waals surface area contributed by atoms with Crippen LogP contribution in [0.1, 0.15) is 0 Å². The van der Waals surface area contributed by atoms with Gasteiger partial charge in [-0.2, -0.15) is 0 Å². The zero-order valence-corrected chi connectivity index (χ0v) is 10.1. The lowest BCUT2D eigenvalue weighted by molar-refractivity contribution is -0.274. The van der Waals surface area contributed by atoms with Crippen molar-refractivity contribution >= 4 is 11.7 Å². The average molecular weight is 278 g/mol. The second-order valence-electron chi connectivity index (χ2n) is 3.65. The Morgan fingerprint density at radius 2 is 1.95 bits per heavy atom. The van der Waals surface area contributed by atoms with Crippen LogP contribution in [0.2, 0.25) is 0 Å². The summed E-state index contributed by atoms with van der Waals surface area (Å²) in [5.41, 5.74) is 0.323. The molecule has 2 N–H and O–H groups in total. The molecule has 19 heavy (non-hydrogen) atoms. The molecule has 0 unspecified atom stereocenters. The van der Waals surface area contributed by atoms with Crippen molar-refractivity contribution in [1.29, 1.82) is 0 Å². The Morgan fingerprint density at radius 1 is 1.37 bits per heavy atom. The zero-order chi connectivity index (χ0) is 14.5. The van der Waals surface area contributed by atoms with Gasteiger partial charge in [-0.15, -0.1) is 13.2 Å². The smallest absolute Gasteiger partial charge is 0.406 e. The number of hydrogen-bond acceptors (Lipinski definition) is 3. The van der Waals surface area contributed by atoms with E-state index in [1.165, 1.54) is 24.1 Å². The highest BCUT2D eigenvalue weighted by atomic mass is 19.4. The molecule has 0 aliphatic rings. The minimum atomic E-state index is -4.74. The first-order valence-electron chi connectivity index (χ1n) is 5.30. The van der Waals surface area contributed by atoms with Gasteiger partial charge in [0, 0.05) is 19.3 Å². The van der Waals surface area contributed by atoms with Gasteiger partial charge >= 0.3 is 12.4 Å². The van der Waals surface area contributed by atoms with Gasteiger partial charge in [-0.05, 0) is 24.3 Å². The molecule has 106 valence electrons. The van der Waals surface area contributed by atoms with Crippen molar-refractivity contribution < 1.29 is 27.8 Å². The van der Waals surface area contributed by atoms with Crippen molar-refractivity contribution in [3.63, 3.8) is 0 Å². The summed E-state index contributed by atoms with van der Waals surface area (Å²) in [7, 11) is 1.48. The van der Waals surface area contributed by atoms with Crippen LogP contribution in [-0.4, -0.2) is 42.6 Å². The SMILES string of the molecule is CN(CCO)C(=O)Nc1ccc(OC(F)(F)F)cc1. The summed E-state index contributed by atoms with van der Waals surface area (Å²) in [4.78, 5) is 12.7. The highest BCUT2D eigenvalue weighted by Gasteiger charge is 2.30. The summed E-state index contributed by atoms with van der Waals surface area (Å²) in [6.07, 6.45) is -4.74. The van der Waals surface area contributed by atoms with E-state index in [0.29, 0.717) is 5.69 Å². The molecular formula is C11H13F3N2O3.